The SMILES string of the molecule is O=C(CCc1ccc(C(=O)O)cc1)NC(CN1CCCC1=O)c1ccccc1. The van der Waals surface area contributed by atoms with Crippen LogP contribution in [-0.2, 0) is 16.0 Å². The molecule has 1 heterocycles. The molecular formula is C22H24N2O4. The molecule has 2 aromatic rings. The van der Waals surface area contributed by atoms with E-state index in [2.05, 4.69) is 5.32 Å². The van der Waals surface area contributed by atoms with Crippen LogP contribution in [0.4, 0.5) is 0 Å². The van der Waals surface area contributed by atoms with Crippen molar-refractivity contribution in [2.75, 3.05) is 13.1 Å². The maximum atomic E-state index is 12.5. The van der Waals surface area contributed by atoms with Crippen LogP contribution in [0.1, 0.15) is 46.8 Å². The molecule has 1 aliphatic heterocycles. The summed E-state index contributed by atoms with van der Waals surface area (Å²) in [7, 11) is 0. The van der Waals surface area contributed by atoms with Crippen molar-refractivity contribution in [2.24, 2.45) is 0 Å². The number of carboxylic acid groups (broad SMARTS) is 1. The third-order valence-corrected chi connectivity index (χ3v) is 4.95. The Bertz CT molecular complexity index is 833. The smallest absolute Gasteiger partial charge is 0.335 e. The molecule has 1 atom stereocenters. The second kappa shape index (κ2) is 9.17. The second-order valence-electron chi connectivity index (χ2n) is 6.98. The molecular weight excluding hydrogens is 356 g/mol. The van der Waals surface area contributed by atoms with Crippen molar-refractivity contribution >= 4 is 17.8 Å². The van der Waals surface area contributed by atoms with Crippen LogP contribution >= 0.6 is 0 Å². The van der Waals surface area contributed by atoms with Crippen molar-refractivity contribution in [3.63, 3.8) is 0 Å². The van der Waals surface area contributed by atoms with E-state index in [0.29, 0.717) is 25.8 Å². The van der Waals surface area contributed by atoms with Crippen LogP contribution in [-0.4, -0.2) is 40.9 Å². The fourth-order valence-electron chi connectivity index (χ4n) is 3.38. The van der Waals surface area contributed by atoms with Gasteiger partial charge in [-0.15, -0.1) is 0 Å². The van der Waals surface area contributed by atoms with Gasteiger partial charge in [0.05, 0.1) is 11.6 Å². The van der Waals surface area contributed by atoms with Crippen molar-refractivity contribution in [3.05, 3.63) is 71.3 Å². The lowest BCUT2D eigenvalue weighted by Crippen LogP contribution is -2.38. The van der Waals surface area contributed by atoms with Gasteiger partial charge < -0.3 is 15.3 Å². The van der Waals surface area contributed by atoms with Crippen molar-refractivity contribution in [1.29, 1.82) is 0 Å². The van der Waals surface area contributed by atoms with Crippen molar-refractivity contribution in [1.82, 2.24) is 10.2 Å². The van der Waals surface area contributed by atoms with E-state index < -0.39 is 5.97 Å². The van der Waals surface area contributed by atoms with E-state index in [1.54, 1.807) is 24.3 Å². The fourth-order valence-corrected chi connectivity index (χ4v) is 3.38. The van der Waals surface area contributed by atoms with E-state index in [9.17, 15) is 14.4 Å². The molecule has 0 saturated carbocycles. The lowest BCUT2D eigenvalue weighted by molar-refractivity contribution is -0.129. The first-order valence-electron chi connectivity index (χ1n) is 9.47. The summed E-state index contributed by atoms with van der Waals surface area (Å²) in [5.74, 6) is -0.928. The van der Waals surface area contributed by atoms with E-state index in [1.807, 2.05) is 35.2 Å². The summed E-state index contributed by atoms with van der Waals surface area (Å²) < 4.78 is 0. The molecule has 6 nitrogen and oxygen atoms in total. The Morgan fingerprint density at radius 2 is 1.79 bits per heavy atom. The molecule has 0 radical (unpaired) electrons. The lowest BCUT2D eigenvalue weighted by Gasteiger charge is -2.25. The zero-order chi connectivity index (χ0) is 19.9. The number of nitrogens with one attached hydrogen (secondary N) is 1. The van der Waals surface area contributed by atoms with Crippen LogP contribution in [0, 0.1) is 0 Å². The summed E-state index contributed by atoms with van der Waals surface area (Å²) in [6.07, 6.45) is 2.25. The summed E-state index contributed by atoms with van der Waals surface area (Å²) in [6.45, 7) is 1.20. The first kappa shape index (κ1) is 19.6. The number of benzene rings is 2. The molecule has 146 valence electrons. The molecule has 0 spiro atoms. The summed E-state index contributed by atoms with van der Waals surface area (Å²) in [5.41, 5.74) is 2.11. The number of aromatic carboxylic acids is 1. The molecule has 2 N–H and O–H groups in total. The molecule has 3 rings (SSSR count). The van der Waals surface area contributed by atoms with Gasteiger partial charge in [-0.1, -0.05) is 42.5 Å². The number of hydrogen-bond donors (Lipinski definition) is 2. The van der Waals surface area contributed by atoms with Gasteiger partial charge in [0.1, 0.15) is 0 Å². The second-order valence-corrected chi connectivity index (χ2v) is 6.98. The largest absolute Gasteiger partial charge is 0.478 e. The van der Waals surface area contributed by atoms with E-state index in [1.165, 1.54) is 0 Å². The molecule has 0 aromatic heterocycles. The third kappa shape index (κ3) is 5.19. The van der Waals surface area contributed by atoms with Gasteiger partial charge in [-0.2, -0.15) is 0 Å². The molecule has 0 bridgehead atoms. The highest BCUT2D eigenvalue weighted by Crippen LogP contribution is 2.19. The minimum atomic E-state index is -0.966. The first-order valence-corrected chi connectivity index (χ1v) is 9.47. The number of nitrogens with zero attached hydrogens (tertiary/aromatic N) is 1. The van der Waals surface area contributed by atoms with Crippen LogP contribution in [0.25, 0.3) is 0 Å². The average molecular weight is 380 g/mol. The number of carboxylic acids is 1. The summed E-state index contributed by atoms with van der Waals surface area (Å²) in [6, 6.07) is 16.0. The number of hydrogen-bond acceptors (Lipinski definition) is 3. The van der Waals surface area contributed by atoms with E-state index in [0.717, 1.165) is 24.1 Å². The van der Waals surface area contributed by atoms with Crippen molar-refractivity contribution in [2.45, 2.75) is 31.7 Å². The molecule has 1 aliphatic rings. The molecule has 1 saturated heterocycles. The zero-order valence-electron chi connectivity index (χ0n) is 15.6. The Balaban J connectivity index is 1.60. The highest BCUT2D eigenvalue weighted by atomic mass is 16.4. The highest BCUT2D eigenvalue weighted by molar-refractivity contribution is 5.87. The Morgan fingerprint density at radius 1 is 1.07 bits per heavy atom. The van der Waals surface area contributed by atoms with E-state index in [4.69, 9.17) is 5.11 Å². The molecule has 2 aromatic carbocycles. The number of carbonyl (C=O) groups excluding carboxylic acids is 2. The topological polar surface area (TPSA) is 86.7 Å². The van der Waals surface area contributed by atoms with Gasteiger partial charge in [-0.25, -0.2) is 4.79 Å². The Labute approximate surface area is 164 Å². The maximum absolute atomic E-state index is 12.5. The number of carbonyl (C=O) groups is 3. The summed E-state index contributed by atoms with van der Waals surface area (Å²) in [4.78, 5) is 37.2. The average Bonchev–Trinajstić information content (AvgIpc) is 3.11. The predicted molar refractivity (Wildman–Crippen MR) is 105 cm³/mol. The number of likely N-dealkylation sites (tertiary alicyclic amines) is 1. The van der Waals surface area contributed by atoms with Crippen LogP contribution in [0.15, 0.2) is 54.6 Å². The van der Waals surface area contributed by atoms with Gasteiger partial charge in [0, 0.05) is 25.9 Å². The van der Waals surface area contributed by atoms with Gasteiger partial charge >= 0.3 is 5.97 Å². The minimum absolute atomic E-state index is 0.0946. The first-order chi connectivity index (χ1) is 13.5. The monoisotopic (exact) mass is 380 g/mol. The van der Waals surface area contributed by atoms with Crippen LogP contribution in [0.3, 0.4) is 0 Å². The molecule has 1 unspecified atom stereocenters. The molecule has 1 fully saturated rings. The van der Waals surface area contributed by atoms with Gasteiger partial charge in [-0.3, -0.25) is 9.59 Å². The van der Waals surface area contributed by atoms with Gasteiger partial charge in [-0.05, 0) is 36.1 Å². The van der Waals surface area contributed by atoms with Crippen molar-refractivity contribution < 1.29 is 19.5 Å². The molecule has 2 amide bonds. The van der Waals surface area contributed by atoms with Crippen LogP contribution in [0.5, 0.6) is 0 Å². The van der Waals surface area contributed by atoms with Gasteiger partial charge in [0.25, 0.3) is 0 Å². The Morgan fingerprint density at radius 3 is 2.39 bits per heavy atom. The maximum Gasteiger partial charge on any atom is 0.335 e. The van der Waals surface area contributed by atoms with E-state index >= 15 is 0 Å². The quantitative estimate of drug-likeness (QED) is 0.737. The third-order valence-electron chi connectivity index (χ3n) is 4.95. The Hall–Kier alpha value is -3.15. The van der Waals surface area contributed by atoms with Crippen LogP contribution < -0.4 is 5.32 Å². The predicted octanol–water partition coefficient (Wildman–Crippen LogP) is 2.80. The molecule has 0 aliphatic carbocycles. The summed E-state index contributed by atoms with van der Waals surface area (Å²) in [5, 5.41) is 12.0. The van der Waals surface area contributed by atoms with E-state index in [-0.39, 0.29) is 23.4 Å². The molecule has 28 heavy (non-hydrogen) atoms. The fraction of sp³-hybridized carbons (Fsp3) is 0.318. The highest BCUT2D eigenvalue weighted by Gasteiger charge is 2.25. The van der Waals surface area contributed by atoms with Gasteiger partial charge in [0.2, 0.25) is 11.8 Å². The zero-order valence-corrected chi connectivity index (χ0v) is 15.6. The summed E-state index contributed by atoms with van der Waals surface area (Å²) >= 11 is 0. The number of amides is 2. The standard InChI is InChI=1S/C22H24N2O4/c25-20(13-10-16-8-11-18(12-9-16)22(27)28)23-19(17-5-2-1-3-6-17)15-24-14-4-7-21(24)26/h1-3,5-6,8-9,11-12,19H,4,7,10,13-15H2,(H,23,25)(H,27,28). The number of rotatable bonds is 8. The molecule has 6 heteroatoms. The normalized spacial score (nSPS) is 14.7. The minimum Gasteiger partial charge on any atom is -0.478 e. The lowest BCUT2D eigenvalue weighted by atomic mass is 10.0. The van der Waals surface area contributed by atoms with Crippen LogP contribution in [0.2, 0.25) is 0 Å². The van der Waals surface area contributed by atoms with Gasteiger partial charge in [0.15, 0.2) is 0 Å². The Kier molecular flexibility index (Phi) is 6.42. The number of aryl methyl sites for hydroxylation is 1. The van der Waals surface area contributed by atoms with Crippen molar-refractivity contribution in [3.8, 4) is 0 Å².